The van der Waals surface area contributed by atoms with E-state index in [4.69, 9.17) is 8.83 Å². The van der Waals surface area contributed by atoms with E-state index in [1.54, 1.807) is 25.0 Å². The summed E-state index contributed by atoms with van der Waals surface area (Å²) in [4.78, 5) is 8.28. The molecule has 0 fully saturated rings. The van der Waals surface area contributed by atoms with E-state index in [-0.39, 0.29) is 0 Å². The lowest BCUT2D eigenvalue weighted by molar-refractivity contribution is 0.664. The first-order valence-electron chi connectivity index (χ1n) is 9.63. The standard InChI is InChI=1S/C24H14N4O2/c1-3-21-17(9-15(1)27-7-5-25-13-27)19-11-24-20(12-23(19)29-21)18-10-16(2-4-22(18)30-24)28-8-6-26-14-28/h1-14H. The van der Waals surface area contributed by atoms with E-state index in [0.29, 0.717) is 0 Å². The van der Waals surface area contributed by atoms with Crippen molar-refractivity contribution in [3.8, 4) is 11.4 Å². The second-order valence-electron chi connectivity index (χ2n) is 7.35. The van der Waals surface area contributed by atoms with Crippen LogP contribution < -0.4 is 0 Å². The van der Waals surface area contributed by atoms with Crippen LogP contribution in [0.25, 0.3) is 55.3 Å². The van der Waals surface area contributed by atoms with Crippen LogP contribution in [0.15, 0.2) is 94.8 Å². The number of furan rings is 2. The SMILES string of the molecule is c1cn(-c2ccc3oc4cc5c(cc4c3c2)oc2ccc(-n3ccnc3)cc25)cn1. The van der Waals surface area contributed by atoms with Crippen LogP contribution in [-0.2, 0) is 0 Å². The van der Waals surface area contributed by atoms with Gasteiger partial charge in [0.1, 0.15) is 22.3 Å². The molecule has 0 spiro atoms. The first-order chi connectivity index (χ1) is 14.8. The van der Waals surface area contributed by atoms with E-state index in [1.165, 1.54) is 0 Å². The molecule has 0 amide bonds. The summed E-state index contributed by atoms with van der Waals surface area (Å²) in [7, 11) is 0. The second kappa shape index (κ2) is 5.61. The third-order valence-electron chi connectivity index (χ3n) is 5.63. The average Bonchev–Trinajstić information content (AvgIpc) is 3.57. The van der Waals surface area contributed by atoms with Gasteiger partial charge in [0.05, 0.1) is 12.7 Å². The highest BCUT2D eigenvalue weighted by molar-refractivity contribution is 6.15. The first-order valence-corrected chi connectivity index (χ1v) is 9.63. The number of rotatable bonds is 2. The molecule has 0 atom stereocenters. The second-order valence-corrected chi connectivity index (χ2v) is 7.35. The molecule has 0 bridgehead atoms. The fourth-order valence-electron chi connectivity index (χ4n) is 4.17. The van der Waals surface area contributed by atoms with E-state index in [1.807, 2.05) is 45.8 Å². The van der Waals surface area contributed by atoms with Gasteiger partial charge in [-0.2, -0.15) is 0 Å². The van der Waals surface area contributed by atoms with E-state index in [0.717, 1.165) is 55.3 Å². The van der Waals surface area contributed by atoms with E-state index < -0.39 is 0 Å². The zero-order valence-electron chi connectivity index (χ0n) is 15.7. The van der Waals surface area contributed by atoms with Crippen molar-refractivity contribution in [2.24, 2.45) is 0 Å². The predicted octanol–water partition coefficient (Wildman–Crippen LogP) is 5.86. The Labute approximate surface area is 169 Å². The summed E-state index contributed by atoms with van der Waals surface area (Å²) in [6.07, 6.45) is 11.0. The number of fused-ring (bicyclic) bond motifs is 6. The van der Waals surface area contributed by atoms with Gasteiger partial charge in [-0.15, -0.1) is 0 Å². The molecule has 7 rings (SSSR count). The highest BCUT2D eigenvalue weighted by Gasteiger charge is 2.14. The van der Waals surface area contributed by atoms with Crippen LogP contribution in [0.1, 0.15) is 0 Å². The molecule has 0 N–H and O–H groups in total. The summed E-state index contributed by atoms with van der Waals surface area (Å²) >= 11 is 0. The maximum Gasteiger partial charge on any atom is 0.136 e. The highest BCUT2D eigenvalue weighted by atomic mass is 16.3. The molecular formula is C24H14N4O2. The molecule has 7 aromatic rings. The van der Waals surface area contributed by atoms with Crippen LogP contribution in [0.2, 0.25) is 0 Å². The summed E-state index contributed by atoms with van der Waals surface area (Å²) in [6, 6.07) is 16.5. The number of nitrogens with zero attached hydrogens (tertiary/aromatic N) is 4. The Bertz CT molecular complexity index is 1560. The smallest absolute Gasteiger partial charge is 0.136 e. The molecule has 0 aliphatic heterocycles. The minimum absolute atomic E-state index is 0.844. The summed E-state index contributed by atoms with van der Waals surface area (Å²) in [5.41, 5.74) is 5.47. The Hall–Kier alpha value is -4.32. The molecule has 142 valence electrons. The lowest BCUT2D eigenvalue weighted by Crippen LogP contribution is -1.88. The predicted molar refractivity (Wildman–Crippen MR) is 115 cm³/mol. The molecule has 0 saturated carbocycles. The van der Waals surface area contributed by atoms with Crippen molar-refractivity contribution < 1.29 is 8.83 Å². The summed E-state index contributed by atoms with van der Waals surface area (Å²) in [5, 5.41) is 4.18. The van der Waals surface area contributed by atoms with Gasteiger partial charge in [-0.3, -0.25) is 0 Å². The Morgan fingerprint density at radius 3 is 1.43 bits per heavy atom. The Kier molecular flexibility index (Phi) is 2.91. The third-order valence-corrected chi connectivity index (χ3v) is 5.63. The van der Waals surface area contributed by atoms with Crippen molar-refractivity contribution >= 4 is 43.9 Å². The molecule has 4 heterocycles. The first kappa shape index (κ1) is 15.6. The van der Waals surface area contributed by atoms with Crippen LogP contribution in [-0.4, -0.2) is 19.1 Å². The Morgan fingerprint density at radius 1 is 0.533 bits per heavy atom. The van der Waals surface area contributed by atoms with Crippen molar-refractivity contribution in [3.05, 3.63) is 86.0 Å². The molecule has 0 saturated heterocycles. The van der Waals surface area contributed by atoms with Crippen molar-refractivity contribution in [2.45, 2.75) is 0 Å². The molecule has 0 aliphatic rings. The van der Waals surface area contributed by atoms with E-state index >= 15 is 0 Å². The van der Waals surface area contributed by atoms with Crippen molar-refractivity contribution in [3.63, 3.8) is 0 Å². The Morgan fingerprint density at radius 2 is 1.00 bits per heavy atom. The van der Waals surface area contributed by atoms with Crippen LogP contribution in [0.5, 0.6) is 0 Å². The fraction of sp³-hybridized carbons (Fsp3) is 0. The summed E-state index contributed by atoms with van der Waals surface area (Å²) in [5.74, 6) is 0. The average molecular weight is 390 g/mol. The maximum absolute atomic E-state index is 6.17. The molecule has 0 radical (unpaired) electrons. The van der Waals surface area contributed by atoms with Crippen LogP contribution in [0.3, 0.4) is 0 Å². The largest absolute Gasteiger partial charge is 0.456 e. The highest BCUT2D eigenvalue weighted by Crippen LogP contribution is 2.37. The topological polar surface area (TPSA) is 61.9 Å². The van der Waals surface area contributed by atoms with Gasteiger partial charge < -0.3 is 18.0 Å². The number of benzene rings is 3. The monoisotopic (exact) mass is 390 g/mol. The molecular weight excluding hydrogens is 376 g/mol. The van der Waals surface area contributed by atoms with Crippen molar-refractivity contribution in [1.82, 2.24) is 19.1 Å². The minimum Gasteiger partial charge on any atom is -0.456 e. The van der Waals surface area contributed by atoms with E-state index in [2.05, 4.69) is 34.2 Å². The number of aromatic nitrogens is 4. The van der Waals surface area contributed by atoms with Gasteiger partial charge in [0.15, 0.2) is 0 Å². The van der Waals surface area contributed by atoms with Gasteiger partial charge in [0.25, 0.3) is 0 Å². The molecule has 0 unspecified atom stereocenters. The minimum atomic E-state index is 0.844. The molecule has 3 aromatic carbocycles. The molecule has 6 heteroatoms. The Balaban J connectivity index is 1.49. The lowest BCUT2D eigenvalue weighted by atomic mass is 10.1. The maximum atomic E-state index is 6.17. The van der Waals surface area contributed by atoms with Gasteiger partial charge in [0, 0.05) is 57.7 Å². The van der Waals surface area contributed by atoms with Crippen molar-refractivity contribution in [2.75, 3.05) is 0 Å². The van der Waals surface area contributed by atoms with Gasteiger partial charge >= 0.3 is 0 Å². The fourth-order valence-corrected chi connectivity index (χ4v) is 4.17. The quantitative estimate of drug-likeness (QED) is 0.371. The van der Waals surface area contributed by atoms with Gasteiger partial charge in [-0.1, -0.05) is 0 Å². The normalized spacial score (nSPS) is 12.0. The zero-order chi connectivity index (χ0) is 19.7. The summed E-state index contributed by atoms with van der Waals surface area (Å²) < 4.78 is 16.3. The lowest BCUT2D eigenvalue weighted by Gasteiger charge is -2.01. The third kappa shape index (κ3) is 2.13. The van der Waals surface area contributed by atoms with Gasteiger partial charge in [-0.25, -0.2) is 9.97 Å². The number of hydrogen-bond acceptors (Lipinski definition) is 4. The number of hydrogen-bond donors (Lipinski definition) is 0. The van der Waals surface area contributed by atoms with Crippen molar-refractivity contribution in [1.29, 1.82) is 0 Å². The molecule has 4 aromatic heterocycles. The summed E-state index contributed by atoms with van der Waals surface area (Å²) in [6.45, 7) is 0. The zero-order valence-corrected chi connectivity index (χ0v) is 15.7. The van der Waals surface area contributed by atoms with Crippen LogP contribution >= 0.6 is 0 Å². The van der Waals surface area contributed by atoms with Gasteiger partial charge in [0.2, 0.25) is 0 Å². The van der Waals surface area contributed by atoms with Crippen LogP contribution in [0.4, 0.5) is 0 Å². The van der Waals surface area contributed by atoms with E-state index in [9.17, 15) is 0 Å². The molecule has 6 nitrogen and oxygen atoms in total. The number of imidazole rings is 2. The van der Waals surface area contributed by atoms with Crippen LogP contribution in [0, 0.1) is 0 Å². The molecule has 30 heavy (non-hydrogen) atoms. The van der Waals surface area contributed by atoms with Gasteiger partial charge in [-0.05, 0) is 48.5 Å². The molecule has 0 aliphatic carbocycles.